The van der Waals surface area contributed by atoms with Crippen LogP contribution in [-0.4, -0.2) is 8.42 Å². The van der Waals surface area contributed by atoms with Gasteiger partial charge in [-0.1, -0.05) is 47.1 Å². The van der Waals surface area contributed by atoms with E-state index in [1.54, 1.807) is 18.2 Å². The monoisotopic (exact) mass is 547 g/mol. The van der Waals surface area contributed by atoms with Crippen LogP contribution < -0.4 is 4.72 Å². The summed E-state index contributed by atoms with van der Waals surface area (Å²) in [5.74, 6) is 1.62. The van der Waals surface area contributed by atoms with Crippen LogP contribution in [0.25, 0.3) is 21.7 Å². The lowest BCUT2D eigenvalue weighted by atomic mass is 9.87. The van der Waals surface area contributed by atoms with Gasteiger partial charge >= 0.3 is 0 Å². The van der Waals surface area contributed by atoms with E-state index < -0.39 is 10.0 Å². The number of sulfonamides is 1. The second-order valence-corrected chi connectivity index (χ2v) is 11.3. The Hall–Kier alpha value is -1.83. The summed E-state index contributed by atoms with van der Waals surface area (Å²) >= 11 is 6.73. The van der Waals surface area contributed by atoms with E-state index in [-0.39, 0.29) is 4.90 Å². The van der Waals surface area contributed by atoms with E-state index in [2.05, 4.69) is 43.5 Å². The normalized spacial score (nSPS) is 16.7. The quantitative estimate of drug-likeness (QED) is 0.299. The van der Waals surface area contributed by atoms with Gasteiger partial charge in [0.25, 0.3) is 10.0 Å². The summed E-state index contributed by atoms with van der Waals surface area (Å²) in [7, 11) is -3.80. The molecule has 1 unspecified atom stereocenters. The van der Waals surface area contributed by atoms with Crippen LogP contribution in [0.4, 0.5) is 5.69 Å². The molecule has 1 aliphatic carbocycles. The van der Waals surface area contributed by atoms with Crippen molar-refractivity contribution in [1.82, 2.24) is 0 Å². The zero-order valence-electron chi connectivity index (χ0n) is 16.2. The minimum absolute atomic E-state index is 0.184. The average molecular weight is 549 g/mol. The van der Waals surface area contributed by atoms with Gasteiger partial charge in [0.05, 0.1) is 5.69 Å². The summed E-state index contributed by atoms with van der Waals surface area (Å²) in [6.45, 7) is 2.25. The SMILES string of the molecule is CC1CCc2oc3c(cc(NS(=O)(=O)c4cc(Br)ccc4Br)c4ccccc43)c2C1. The molecule has 0 amide bonds. The Balaban J connectivity index is 1.72. The topological polar surface area (TPSA) is 59.3 Å². The van der Waals surface area contributed by atoms with Gasteiger partial charge in [0.15, 0.2) is 0 Å². The predicted molar refractivity (Wildman–Crippen MR) is 128 cm³/mol. The van der Waals surface area contributed by atoms with Crippen LogP contribution >= 0.6 is 31.9 Å². The molecule has 1 heterocycles. The molecular formula is C23H19Br2NO3S. The first-order valence-electron chi connectivity index (χ1n) is 9.77. The summed E-state index contributed by atoms with van der Waals surface area (Å²) < 4.78 is 36.8. The van der Waals surface area contributed by atoms with Crippen molar-refractivity contribution in [2.24, 2.45) is 5.92 Å². The van der Waals surface area contributed by atoms with Crippen molar-refractivity contribution in [3.05, 3.63) is 68.8 Å². The summed E-state index contributed by atoms with van der Waals surface area (Å²) in [4.78, 5) is 0.184. The number of rotatable bonds is 3. The molecule has 0 saturated heterocycles. The molecule has 4 nitrogen and oxygen atoms in total. The fraction of sp³-hybridized carbons (Fsp3) is 0.217. The second-order valence-electron chi connectivity index (χ2n) is 7.88. The number of benzene rings is 3. The molecule has 0 spiro atoms. The highest BCUT2D eigenvalue weighted by Gasteiger charge is 2.25. The largest absolute Gasteiger partial charge is 0.460 e. The number of furan rings is 1. The molecule has 154 valence electrons. The zero-order valence-corrected chi connectivity index (χ0v) is 20.2. The first-order chi connectivity index (χ1) is 14.3. The first kappa shape index (κ1) is 20.1. The Bertz CT molecular complexity index is 1410. The molecule has 0 aliphatic heterocycles. The molecule has 0 radical (unpaired) electrons. The van der Waals surface area contributed by atoms with Gasteiger partial charge in [0.1, 0.15) is 16.2 Å². The lowest BCUT2D eigenvalue weighted by Crippen LogP contribution is -2.14. The molecular weight excluding hydrogens is 530 g/mol. The van der Waals surface area contributed by atoms with Crippen molar-refractivity contribution in [3.8, 4) is 0 Å². The van der Waals surface area contributed by atoms with Crippen molar-refractivity contribution in [2.75, 3.05) is 4.72 Å². The van der Waals surface area contributed by atoms with Gasteiger partial charge in [0, 0.05) is 37.1 Å². The molecule has 7 heteroatoms. The van der Waals surface area contributed by atoms with Gasteiger partial charge in [-0.15, -0.1) is 0 Å². The fourth-order valence-corrected chi connectivity index (χ4v) is 6.81. The standard InChI is InChI=1S/C23H19Br2NO3S/c1-13-6-9-21-17(10-13)18-12-20(15-4-2-3-5-16(15)23(18)29-21)26-30(27,28)22-11-14(24)7-8-19(22)25/h2-5,7-8,11-13,26H,6,9-10H2,1H3. The third-order valence-corrected chi connectivity index (χ3v) is 8.58. The van der Waals surface area contributed by atoms with Gasteiger partial charge in [-0.2, -0.15) is 0 Å². The molecule has 4 aromatic rings. The van der Waals surface area contributed by atoms with Crippen molar-refractivity contribution in [3.63, 3.8) is 0 Å². The van der Waals surface area contributed by atoms with Crippen molar-refractivity contribution < 1.29 is 12.8 Å². The maximum absolute atomic E-state index is 13.2. The number of halogens is 2. The van der Waals surface area contributed by atoms with Crippen LogP contribution in [0.5, 0.6) is 0 Å². The van der Waals surface area contributed by atoms with E-state index in [4.69, 9.17) is 4.42 Å². The molecule has 0 bridgehead atoms. The lowest BCUT2D eigenvalue weighted by Gasteiger charge is -2.17. The highest BCUT2D eigenvalue weighted by molar-refractivity contribution is 9.11. The van der Waals surface area contributed by atoms with E-state index in [0.29, 0.717) is 20.6 Å². The average Bonchev–Trinajstić information content (AvgIpc) is 3.07. The maximum atomic E-state index is 13.2. The van der Waals surface area contributed by atoms with E-state index >= 15 is 0 Å². The molecule has 30 heavy (non-hydrogen) atoms. The van der Waals surface area contributed by atoms with E-state index in [1.165, 1.54) is 5.56 Å². The maximum Gasteiger partial charge on any atom is 0.263 e. The van der Waals surface area contributed by atoms with Crippen molar-refractivity contribution in [2.45, 2.75) is 31.1 Å². The number of nitrogens with one attached hydrogen (secondary N) is 1. The molecule has 5 rings (SSSR count). The Morgan fingerprint density at radius 1 is 1.03 bits per heavy atom. The molecule has 3 aromatic carbocycles. The number of anilines is 1. The Kier molecular flexibility index (Phi) is 4.95. The minimum atomic E-state index is -3.80. The third-order valence-electron chi connectivity index (χ3n) is 5.73. The predicted octanol–water partition coefficient (Wildman–Crippen LogP) is 7.04. The highest BCUT2D eigenvalue weighted by Crippen LogP contribution is 2.41. The molecule has 0 saturated carbocycles. The number of hydrogen-bond donors (Lipinski definition) is 1. The number of aryl methyl sites for hydroxylation is 1. The van der Waals surface area contributed by atoms with E-state index in [1.807, 2.05) is 30.3 Å². The van der Waals surface area contributed by atoms with Crippen LogP contribution in [-0.2, 0) is 22.9 Å². The summed E-state index contributed by atoms with van der Waals surface area (Å²) in [6.07, 6.45) is 2.98. The van der Waals surface area contributed by atoms with Gasteiger partial charge < -0.3 is 4.42 Å². The second kappa shape index (κ2) is 7.39. The van der Waals surface area contributed by atoms with E-state index in [0.717, 1.165) is 46.8 Å². The van der Waals surface area contributed by atoms with Crippen molar-refractivity contribution in [1.29, 1.82) is 0 Å². The first-order valence-corrected chi connectivity index (χ1v) is 12.8. The Morgan fingerprint density at radius 2 is 1.80 bits per heavy atom. The third kappa shape index (κ3) is 3.37. The Morgan fingerprint density at radius 3 is 2.60 bits per heavy atom. The van der Waals surface area contributed by atoms with Gasteiger partial charge in [-0.3, -0.25) is 4.72 Å². The molecule has 1 N–H and O–H groups in total. The summed E-state index contributed by atoms with van der Waals surface area (Å²) in [6, 6.07) is 14.8. The van der Waals surface area contributed by atoms with Gasteiger partial charge in [-0.05, 0) is 59.0 Å². The van der Waals surface area contributed by atoms with Crippen LogP contribution in [0.2, 0.25) is 0 Å². The summed E-state index contributed by atoms with van der Waals surface area (Å²) in [5, 5.41) is 2.74. The van der Waals surface area contributed by atoms with Crippen molar-refractivity contribution >= 4 is 69.3 Å². The summed E-state index contributed by atoms with van der Waals surface area (Å²) in [5.41, 5.74) is 2.61. The number of fused-ring (bicyclic) bond motifs is 5. The molecule has 0 fully saturated rings. The van der Waals surface area contributed by atoms with Crippen LogP contribution in [0.1, 0.15) is 24.7 Å². The molecule has 1 aliphatic rings. The van der Waals surface area contributed by atoms with Gasteiger partial charge in [-0.25, -0.2) is 8.42 Å². The highest BCUT2D eigenvalue weighted by atomic mass is 79.9. The zero-order chi connectivity index (χ0) is 21.0. The van der Waals surface area contributed by atoms with Gasteiger partial charge in [0.2, 0.25) is 0 Å². The van der Waals surface area contributed by atoms with Crippen LogP contribution in [0.15, 0.2) is 66.8 Å². The minimum Gasteiger partial charge on any atom is -0.460 e. The fourth-order valence-electron chi connectivity index (χ4n) is 4.24. The Labute approximate surface area is 192 Å². The van der Waals surface area contributed by atoms with Crippen LogP contribution in [0, 0.1) is 5.92 Å². The molecule has 1 atom stereocenters. The number of hydrogen-bond acceptors (Lipinski definition) is 3. The van der Waals surface area contributed by atoms with Crippen LogP contribution in [0.3, 0.4) is 0 Å². The molecule has 1 aromatic heterocycles. The lowest BCUT2D eigenvalue weighted by molar-refractivity contribution is 0.439. The smallest absolute Gasteiger partial charge is 0.263 e. The van der Waals surface area contributed by atoms with E-state index in [9.17, 15) is 8.42 Å².